The highest BCUT2D eigenvalue weighted by Crippen LogP contribution is 2.45. The van der Waals surface area contributed by atoms with E-state index in [0.717, 1.165) is 17.6 Å². The summed E-state index contributed by atoms with van der Waals surface area (Å²) in [5, 5.41) is 2.69. The Morgan fingerprint density at radius 1 is 0.897 bits per heavy atom. The molecular weight excluding hydrogens is 374 g/mol. The maximum absolute atomic E-state index is 14.0. The molecule has 0 unspecified atom stereocenters. The molecule has 0 aliphatic rings. The summed E-state index contributed by atoms with van der Waals surface area (Å²) in [5.41, 5.74) is 9.94. The summed E-state index contributed by atoms with van der Waals surface area (Å²) >= 11 is 0. The average molecular weight is 394 g/mol. The third-order valence-electron chi connectivity index (χ3n) is 5.30. The summed E-state index contributed by atoms with van der Waals surface area (Å²) < 4.78 is 34.1. The van der Waals surface area contributed by atoms with E-state index in [1.54, 1.807) is 12.1 Å². The first-order chi connectivity index (χ1) is 13.9. The summed E-state index contributed by atoms with van der Waals surface area (Å²) in [6.45, 7) is 1.17. The molecule has 2 aromatic heterocycles. The summed E-state index contributed by atoms with van der Waals surface area (Å²) in [4.78, 5) is 8.66. The molecule has 0 radical (unpaired) electrons. The normalized spacial score (nSPS) is 12.2. The molecule has 0 amide bonds. The Hall–Kier alpha value is -3.32. The number of nitrogens with two attached hydrogens (primary N) is 1. The minimum atomic E-state index is -0.349. The van der Waals surface area contributed by atoms with Crippen LogP contribution >= 0.6 is 0 Å². The number of anilines is 1. The third kappa shape index (κ3) is 2.69. The molecule has 2 heterocycles. The van der Waals surface area contributed by atoms with Gasteiger partial charge in [0, 0.05) is 39.1 Å². The van der Waals surface area contributed by atoms with Crippen molar-refractivity contribution in [3.63, 3.8) is 0 Å². The van der Waals surface area contributed by atoms with Gasteiger partial charge in [-0.3, -0.25) is 0 Å². The van der Waals surface area contributed by atoms with Gasteiger partial charge in [0.1, 0.15) is 18.2 Å². The Morgan fingerprint density at radius 2 is 1.41 bits per heavy atom. The van der Waals surface area contributed by atoms with Crippen LogP contribution in [0.2, 0.25) is 0 Å². The van der Waals surface area contributed by atoms with E-state index < -0.39 is 0 Å². The number of ether oxygens (including phenoxy) is 1. The van der Waals surface area contributed by atoms with Gasteiger partial charge < -0.3 is 25.3 Å². The first kappa shape index (κ1) is 17.8. The lowest BCUT2D eigenvalue weighted by Gasteiger charge is -2.13. The molecule has 0 saturated heterocycles. The number of likely N-dealkylation sites (N-methyl/N-ethyl adjacent to an activating group) is 1. The molecule has 0 saturated carbocycles. The number of halogens is 2. The highest BCUT2D eigenvalue weighted by molar-refractivity contribution is 6.28. The Balaban J connectivity index is 1.92. The number of H-pyrrole nitrogens is 2. The molecule has 148 valence electrons. The van der Waals surface area contributed by atoms with Gasteiger partial charge >= 0.3 is 0 Å². The predicted octanol–water partition coefficient (Wildman–Crippen LogP) is 4.76. The number of nitrogens with one attached hydrogen (secondary N) is 2. The van der Waals surface area contributed by atoms with Crippen molar-refractivity contribution < 1.29 is 13.5 Å². The van der Waals surface area contributed by atoms with Gasteiger partial charge in [0.05, 0.1) is 16.7 Å². The summed E-state index contributed by atoms with van der Waals surface area (Å²) in [6, 6.07) is 9.07. The number of nitrogen functional groups attached to an aromatic ring is 1. The number of nitrogens with zero attached hydrogens (tertiary/aromatic N) is 1. The van der Waals surface area contributed by atoms with E-state index in [-0.39, 0.29) is 11.6 Å². The van der Waals surface area contributed by atoms with Crippen molar-refractivity contribution in [3.05, 3.63) is 48.0 Å². The van der Waals surface area contributed by atoms with Gasteiger partial charge in [-0.05, 0) is 50.5 Å². The SMILES string of the molecule is CN(C)CCOc1c2[nH]c3ccc(F)cc3c2c(N)c2c1[nH]c1ccc(F)cc12. The minimum absolute atomic E-state index is 0.349. The minimum Gasteiger partial charge on any atom is -0.488 e. The van der Waals surface area contributed by atoms with Crippen molar-refractivity contribution in [1.29, 1.82) is 0 Å². The standard InChI is InChI=1S/C22H20F2N4O/c1-28(2)7-8-29-22-20-17(13-9-11(23)3-5-15(13)26-20)19(25)18-14-10-12(24)4-6-16(14)27-21(18)22/h3-6,9-10,26-27H,7-8,25H2,1-2H3. The molecule has 0 aliphatic heterocycles. The van der Waals surface area contributed by atoms with Crippen molar-refractivity contribution in [3.8, 4) is 5.75 Å². The van der Waals surface area contributed by atoms with Gasteiger partial charge in [0.2, 0.25) is 0 Å². The van der Waals surface area contributed by atoms with Crippen molar-refractivity contribution in [1.82, 2.24) is 14.9 Å². The number of hydrogen-bond donors (Lipinski definition) is 3. The van der Waals surface area contributed by atoms with Crippen molar-refractivity contribution in [2.75, 3.05) is 33.0 Å². The molecule has 7 heteroatoms. The second kappa shape index (κ2) is 6.35. The Bertz CT molecular complexity index is 1300. The number of rotatable bonds is 4. The van der Waals surface area contributed by atoms with E-state index >= 15 is 0 Å². The zero-order valence-corrected chi connectivity index (χ0v) is 16.1. The van der Waals surface area contributed by atoms with E-state index in [0.29, 0.717) is 50.6 Å². The average Bonchev–Trinajstić information content (AvgIpc) is 3.22. The van der Waals surface area contributed by atoms with Crippen LogP contribution in [0.15, 0.2) is 36.4 Å². The van der Waals surface area contributed by atoms with Gasteiger partial charge in [-0.25, -0.2) is 8.78 Å². The first-order valence-electron chi connectivity index (χ1n) is 9.35. The largest absolute Gasteiger partial charge is 0.488 e. The van der Waals surface area contributed by atoms with Crippen LogP contribution in [0.3, 0.4) is 0 Å². The molecule has 5 rings (SSSR count). The molecule has 0 fully saturated rings. The van der Waals surface area contributed by atoms with Crippen molar-refractivity contribution in [2.45, 2.75) is 0 Å². The maximum atomic E-state index is 14.0. The number of hydrogen-bond acceptors (Lipinski definition) is 3. The van der Waals surface area contributed by atoms with Gasteiger partial charge in [0.25, 0.3) is 0 Å². The summed E-state index contributed by atoms with van der Waals surface area (Å²) in [5.74, 6) is -0.102. The van der Waals surface area contributed by atoms with Crippen LogP contribution in [0.5, 0.6) is 5.75 Å². The van der Waals surface area contributed by atoms with Crippen LogP contribution in [-0.2, 0) is 0 Å². The Labute approximate surface area is 165 Å². The molecular formula is C22H20F2N4O. The van der Waals surface area contributed by atoms with Gasteiger partial charge in [-0.1, -0.05) is 0 Å². The monoisotopic (exact) mass is 394 g/mol. The smallest absolute Gasteiger partial charge is 0.167 e. The van der Waals surface area contributed by atoms with E-state index in [2.05, 4.69) is 9.97 Å². The number of fused-ring (bicyclic) bond motifs is 6. The molecule has 4 N–H and O–H groups in total. The van der Waals surface area contributed by atoms with Crippen LogP contribution in [0, 0.1) is 11.6 Å². The van der Waals surface area contributed by atoms with Gasteiger partial charge in [-0.15, -0.1) is 0 Å². The molecule has 0 atom stereocenters. The Kier molecular flexibility index (Phi) is 3.89. The predicted molar refractivity (Wildman–Crippen MR) is 114 cm³/mol. The van der Waals surface area contributed by atoms with Crippen LogP contribution in [0.1, 0.15) is 0 Å². The first-order valence-corrected chi connectivity index (χ1v) is 9.35. The van der Waals surface area contributed by atoms with E-state index in [4.69, 9.17) is 10.5 Å². The molecule has 5 nitrogen and oxygen atoms in total. The summed E-state index contributed by atoms with van der Waals surface area (Å²) in [7, 11) is 3.93. The highest BCUT2D eigenvalue weighted by atomic mass is 19.1. The Morgan fingerprint density at radius 3 is 1.90 bits per heavy atom. The molecule has 0 bridgehead atoms. The molecule has 29 heavy (non-hydrogen) atoms. The molecule has 0 aliphatic carbocycles. The fraction of sp³-hybridized carbons (Fsp3) is 0.182. The lowest BCUT2D eigenvalue weighted by molar-refractivity contribution is 0.265. The number of aromatic nitrogens is 2. The van der Waals surface area contributed by atoms with E-state index in [1.807, 2.05) is 19.0 Å². The molecule has 5 aromatic rings. The second-order valence-corrected chi connectivity index (χ2v) is 7.52. The lowest BCUT2D eigenvalue weighted by atomic mass is 10.0. The van der Waals surface area contributed by atoms with Crippen LogP contribution in [-0.4, -0.2) is 42.1 Å². The van der Waals surface area contributed by atoms with Crippen LogP contribution in [0.25, 0.3) is 43.6 Å². The second-order valence-electron chi connectivity index (χ2n) is 7.52. The van der Waals surface area contributed by atoms with Crippen molar-refractivity contribution in [2.24, 2.45) is 0 Å². The van der Waals surface area contributed by atoms with Crippen molar-refractivity contribution >= 4 is 49.3 Å². The lowest BCUT2D eigenvalue weighted by Crippen LogP contribution is -2.19. The van der Waals surface area contributed by atoms with Crippen LogP contribution < -0.4 is 10.5 Å². The zero-order valence-electron chi connectivity index (χ0n) is 16.1. The molecule has 0 spiro atoms. The van der Waals surface area contributed by atoms with Gasteiger partial charge in [0.15, 0.2) is 5.75 Å². The quantitative estimate of drug-likeness (QED) is 0.385. The highest BCUT2D eigenvalue weighted by Gasteiger charge is 2.22. The summed E-state index contributed by atoms with van der Waals surface area (Å²) in [6.07, 6.45) is 0. The van der Waals surface area contributed by atoms with E-state index in [1.165, 1.54) is 24.3 Å². The maximum Gasteiger partial charge on any atom is 0.167 e. The molecule has 3 aromatic carbocycles. The third-order valence-corrected chi connectivity index (χ3v) is 5.30. The number of aromatic amines is 2. The van der Waals surface area contributed by atoms with Gasteiger partial charge in [-0.2, -0.15) is 0 Å². The fourth-order valence-electron chi connectivity index (χ4n) is 3.95. The zero-order chi connectivity index (χ0) is 20.3. The van der Waals surface area contributed by atoms with E-state index in [9.17, 15) is 8.78 Å². The van der Waals surface area contributed by atoms with Crippen LogP contribution in [0.4, 0.5) is 14.5 Å². The topological polar surface area (TPSA) is 70.1 Å². The number of benzene rings is 3. The fourth-order valence-corrected chi connectivity index (χ4v) is 3.95.